The van der Waals surface area contributed by atoms with Gasteiger partial charge in [0, 0.05) is 13.0 Å². The van der Waals surface area contributed by atoms with E-state index in [1.54, 1.807) is 30.3 Å². The maximum atomic E-state index is 12.8. The second kappa shape index (κ2) is 10.7. The van der Waals surface area contributed by atoms with Crippen LogP contribution in [-0.4, -0.2) is 35.6 Å². The number of fused-ring (bicyclic) bond motifs is 1. The Balaban J connectivity index is 1.31. The number of hydrogen-bond acceptors (Lipinski definition) is 5. The molecule has 0 saturated heterocycles. The molecule has 1 unspecified atom stereocenters. The quantitative estimate of drug-likeness (QED) is 0.475. The average Bonchev–Trinajstić information content (AvgIpc) is 3.12. The molecule has 3 aromatic rings. The first-order valence-corrected chi connectivity index (χ1v) is 11.2. The Labute approximate surface area is 198 Å². The topological polar surface area (TPSA) is 84.9 Å². The van der Waals surface area contributed by atoms with E-state index < -0.39 is 12.3 Å². The highest BCUT2D eigenvalue weighted by atomic mass is 16.5. The summed E-state index contributed by atoms with van der Waals surface area (Å²) in [7, 11) is 0. The zero-order chi connectivity index (χ0) is 23.9. The SMILES string of the molecule is CCC(Oc1cccc(CCNC(=O)OCc2ccccc2)c1)N1C(=O)c2ccccc2C1=O. The normalized spacial score (nSPS) is 13.4. The third-order valence-corrected chi connectivity index (χ3v) is 5.53. The largest absolute Gasteiger partial charge is 0.470 e. The molecular weight excluding hydrogens is 432 g/mol. The van der Waals surface area contributed by atoms with Crippen molar-refractivity contribution < 1.29 is 23.9 Å². The zero-order valence-electron chi connectivity index (χ0n) is 18.9. The number of alkyl carbamates (subject to hydrolysis) is 1. The molecule has 0 saturated carbocycles. The van der Waals surface area contributed by atoms with Gasteiger partial charge in [0.2, 0.25) is 0 Å². The van der Waals surface area contributed by atoms with Crippen LogP contribution >= 0.6 is 0 Å². The van der Waals surface area contributed by atoms with Crippen molar-refractivity contribution in [2.45, 2.75) is 32.6 Å². The van der Waals surface area contributed by atoms with E-state index in [4.69, 9.17) is 9.47 Å². The maximum Gasteiger partial charge on any atom is 0.407 e. The number of hydrogen-bond donors (Lipinski definition) is 1. The third kappa shape index (κ3) is 5.26. The lowest BCUT2D eigenvalue weighted by molar-refractivity contribution is 0.0225. The molecule has 3 amide bonds. The van der Waals surface area contributed by atoms with Gasteiger partial charge < -0.3 is 14.8 Å². The molecular formula is C27H26N2O5. The molecule has 0 bridgehead atoms. The standard InChI is InChI=1S/C27H26N2O5/c1-2-24(29-25(30)22-13-6-7-14-23(22)26(29)31)34-21-12-8-11-19(17-21)15-16-28-27(32)33-18-20-9-4-3-5-10-20/h3-14,17,24H,2,15-16,18H2,1H3,(H,28,32). The number of nitrogens with zero attached hydrogens (tertiary/aromatic N) is 1. The van der Waals surface area contributed by atoms with Gasteiger partial charge >= 0.3 is 6.09 Å². The first-order valence-electron chi connectivity index (χ1n) is 11.2. The van der Waals surface area contributed by atoms with Crippen molar-refractivity contribution in [1.29, 1.82) is 0 Å². The van der Waals surface area contributed by atoms with Crippen LogP contribution in [0.2, 0.25) is 0 Å². The lowest BCUT2D eigenvalue weighted by atomic mass is 10.1. The van der Waals surface area contributed by atoms with Gasteiger partial charge in [-0.15, -0.1) is 0 Å². The molecule has 1 heterocycles. The number of imide groups is 1. The van der Waals surface area contributed by atoms with Gasteiger partial charge in [0.25, 0.3) is 11.8 Å². The summed E-state index contributed by atoms with van der Waals surface area (Å²) in [5.41, 5.74) is 2.66. The molecule has 0 radical (unpaired) electrons. The summed E-state index contributed by atoms with van der Waals surface area (Å²) >= 11 is 0. The van der Waals surface area contributed by atoms with E-state index in [0.29, 0.717) is 36.3 Å². The van der Waals surface area contributed by atoms with Gasteiger partial charge in [0.1, 0.15) is 12.4 Å². The van der Waals surface area contributed by atoms with Gasteiger partial charge in [-0.2, -0.15) is 0 Å². The van der Waals surface area contributed by atoms with Crippen molar-refractivity contribution in [3.05, 3.63) is 101 Å². The van der Waals surface area contributed by atoms with Crippen LogP contribution in [0, 0.1) is 0 Å². The van der Waals surface area contributed by atoms with Gasteiger partial charge in [-0.05, 0) is 41.8 Å². The fourth-order valence-corrected chi connectivity index (χ4v) is 3.80. The molecule has 0 aliphatic carbocycles. The molecule has 0 fully saturated rings. The minimum absolute atomic E-state index is 0.214. The Hall–Kier alpha value is -4.13. The number of ether oxygens (including phenoxy) is 2. The summed E-state index contributed by atoms with van der Waals surface area (Å²) in [4.78, 5) is 38.7. The van der Waals surface area contributed by atoms with E-state index in [1.165, 1.54) is 4.90 Å². The van der Waals surface area contributed by atoms with E-state index >= 15 is 0 Å². The van der Waals surface area contributed by atoms with Crippen molar-refractivity contribution in [1.82, 2.24) is 10.2 Å². The van der Waals surface area contributed by atoms with Crippen molar-refractivity contribution >= 4 is 17.9 Å². The Bertz CT molecular complexity index is 1140. The molecule has 1 atom stereocenters. The van der Waals surface area contributed by atoms with Gasteiger partial charge in [-0.3, -0.25) is 9.59 Å². The van der Waals surface area contributed by atoms with E-state index in [9.17, 15) is 14.4 Å². The van der Waals surface area contributed by atoms with Gasteiger partial charge in [-0.25, -0.2) is 9.69 Å². The second-order valence-electron chi connectivity index (χ2n) is 7.89. The molecule has 0 aromatic heterocycles. The van der Waals surface area contributed by atoms with Crippen molar-refractivity contribution in [2.75, 3.05) is 6.54 Å². The van der Waals surface area contributed by atoms with Crippen molar-refractivity contribution in [3.8, 4) is 5.75 Å². The highest BCUT2D eigenvalue weighted by Gasteiger charge is 2.40. The van der Waals surface area contributed by atoms with Crippen LogP contribution in [0.1, 0.15) is 45.2 Å². The third-order valence-electron chi connectivity index (χ3n) is 5.53. The zero-order valence-corrected chi connectivity index (χ0v) is 18.9. The average molecular weight is 459 g/mol. The molecule has 34 heavy (non-hydrogen) atoms. The number of carbonyl (C=O) groups excluding carboxylic acids is 3. The molecule has 1 aliphatic heterocycles. The molecule has 3 aromatic carbocycles. The van der Waals surface area contributed by atoms with E-state index in [1.807, 2.05) is 55.5 Å². The summed E-state index contributed by atoms with van der Waals surface area (Å²) in [5.74, 6) is -0.142. The molecule has 4 rings (SSSR count). The first kappa shape index (κ1) is 23.0. The van der Waals surface area contributed by atoms with E-state index in [0.717, 1.165) is 11.1 Å². The van der Waals surface area contributed by atoms with Crippen LogP contribution in [0.15, 0.2) is 78.9 Å². The van der Waals surface area contributed by atoms with Gasteiger partial charge in [-0.1, -0.05) is 61.5 Å². The molecule has 7 heteroatoms. The number of amides is 3. The lowest BCUT2D eigenvalue weighted by Crippen LogP contribution is -2.43. The minimum Gasteiger partial charge on any atom is -0.470 e. The monoisotopic (exact) mass is 458 g/mol. The Morgan fingerprint density at radius 2 is 1.53 bits per heavy atom. The van der Waals surface area contributed by atoms with Crippen LogP contribution in [-0.2, 0) is 17.8 Å². The Kier molecular flexibility index (Phi) is 7.22. The Morgan fingerprint density at radius 1 is 0.882 bits per heavy atom. The van der Waals surface area contributed by atoms with Gasteiger partial charge in [0.15, 0.2) is 6.23 Å². The second-order valence-corrected chi connectivity index (χ2v) is 7.89. The van der Waals surface area contributed by atoms with Crippen LogP contribution in [0.3, 0.4) is 0 Å². The number of rotatable bonds is 9. The van der Waals surface area contributed by atoms with Crippen LogP contribution in [0.25, 0.3) is 0 Å². The molecule has 174 valence electrons. The summed E-state index contributed by atoms with van der Waals surface area (Å²) < 4.78 is 11.3. The van der Waals surface area contributed by atoms with E-state index in [-0.39, 0.29) is 18.4 Å². The van der Waals surface area contributed by atoms with Crippen LogP contribution < -0.4 is 10.1 Å². The Morgan fingerprint density at radius 3 is 2.21 bits per heavy atom. The molecule has 7 nitrogen and oxygen atoms in total. The molecule has 1 aliphatic rings. The summed E-state index contributed by atoms with van der Waals surface area (Å²) in [6.07, 6.45) is -0.173. The number of carbonyl (C=O) groups is 3. The van der Waals surface area contributed by atoms with Gasteiger partial charge in [0.05, 0.1) is 11.1 Å². The predicted octanol–water partition coefficient (Wildman–Crippen LogP) is 4.57. The van der Waals surface area contributed by atoms with Crippen LogP contribution in [0.5, 0.6) is 5.75 Å². The van der Waals surface area contributed by atoms with Crippen LogP contribution in [0.4, 0.5) is 4.79 Å². The highest BCUT2D eigenvalue weighted by molar-refractivity contribution is 6.21. The first-order chi connectivity index (χ1) is 16.6. The predicted molar refractivity (Wildman–Crippen MR) is 126 cm³/mol. The molecule has 1 N–H and O–H groups in total. The summed E-state index contributed by atoms with van der Waals surface area (Å²) in [6, 6.07) is 23.7. The van der Waals surface area contributed by atoms with Crippen molar-refractivity contribution in [3.63, 3.8) is 0 Å². The maximum absolute atomic E-state index is 12.8. The van der Waals surface area contributed by atoms with E-state index in [2.05, 4.69) is 5.32 Å². The summed E-state index contributed by atoms with van der Waals surface area (Å²) in [6.45, 7) is 2.47. The fourth-order valence-electron chi connectivity index (χ4n) is 3.80. The summed E-state index contributed by atoms with van der Waals surface area (Å²) in [5, 5.41) is 2.74. The van der Waals surface area contributed by atoms with Crippen molar-refractivity contribution in [2.24, 2.45) is 0 Å². The number of nitrogens with one attached hydrogen (secondary N) is 1. The number of benzene rings is 3. The smallest absolute Gasteiger partial charge is 0.407 e. The lowest BCUT2D eigenvalue weighted by Gasteiger charge is -2.26. The highest BCUT2D eigenvalue weighted by Crippen LogP contribution is 2.27. The minimum atomic E-state index is -0.714. The molecule has 0 spiro atoms. The fraction of sp³-hybridized carbons (Fsp3) is 0.222.